The fourth-order valence-corrected chi connectivity index (χ4v) is 2.80. The fraction of sp³-hybridized carbons (Fsp3) is 0.579. The van der Waals surface area contributed by atoms with E-state index in [1.54, 1.807) is 0 Å². The van der Waals surface area contributed by atoms with Crippen LogP contribution in [-0.2, 0) is 6.42 Å². The maximum Gasteiger partial charge on any atom is 0.0143 e. The summed E-state index contributed by atoms with van der Waals surface area (Å²) in [5.74, 6) is 0. The van der Waals surface area contributed by atoms with Crippen LogP contribution in [0.4, 0.5) is 0 Å². The molecule has 0 amide bonds. The van der Waals surface area contributed by atoms with Crippen LogP contribution in [0.2, 0.25) is 0 Å². The van der Waals surface area contributed by atoms with Crippen molar-refractivity contribution in [2.24, 2.45) is 0 Å². The lowest BCUT2D eigenvalue weighted by molar-refractivity contribution is 0.436. The molecule has 0 aliphatic rings. The average Bonchev–Trinajstić information content (AvgIpc) is 2.45. The Hall–Kier alpha value is -1.24. The van der Waals surface area contributed by atoms with Crippen LogP contribution in [0, 0.1) is 34.6 Å². The summed E-state index contributed by atoms with van der Waals surface area (Å²) < 4.78 is 0. The Morgan fingerprint density at radius 1 is 0.800 bits per heavy atom. The lowest BCUT2D eigenvalue weighted by Crippen LogP contribution is -2.17. The molecule has 0 aliphatic heterocycles. The van der Waals surface area contributed by atoms with Crippen LogP contribution in [0.15, 0.2) is 11.3 Å². The van der Waals surface area contributed by atoms with Gasteiger partial charge in [-0.05, 0) is 95.2 Å². The second-order valence-electron chi connectivity index (χ2n) is 6.16. The number of allylic oxidation sites excluding steroid dienone is 2. The van der Waals surface area contributed by atoms with Crippen molar-refractivity contribution in [1.82, 2.24) is 4.90 Å². The molecule has 0 aliphatic carbocycles. The average molecular weight is 273 g/mol. The van der Waals surface area contributed by atoms with Crippen molar-refractivity contribution < 1.29 is 0 Å². The number of rotatable bonds is 4. The Morgan fingerprint density at radius 2 is 1.20 bits per heavy atom. The lowest BCUT2D eigenvalue weighted by Gasteiger charge is -2.23. The highest BCUT2D eigenvalue weighted by Gasteiger charge is 2.13. The van der Waals surface area contributed by atoms with E-state index in [2.05, 4.69) is 67.3 Å². The van der Waals surface area contributed by atoms with Gasteiger partial charge in [-0.2, -0.15) is 0 Å². The molecule has 0 saturated carbocycles. The van der Waals surface area contributed by atoms with E-state index in [-0.39, 0.29) is 0 Å². The topological polar surface area (TPSA) is 3.24 Å². The summed E-state index contributed by atoms with van der Waals surface area (Å²) in [4.78, 5) is 2.33. The first-order chi connectivity index (χ1) is 9.22. The number of nitrogens with zero attached hydrogens (tertiary/aromatic N) is 1. The Bertz CT molecular complexity index is 506. The van der Waals surface area contributed by atoms with Crippen LogP contribution >= 0.6 is 0 Å². The first-order valence-corrected chi connectivity index (χ1v) is 7.65. The van der Waals surface area contributed by atoms with Gasteiger partial charge in [0.2, 0.25) is 0 Å². The van der Waals surface area contributed by atoms with Gasteiger partial charge >= 0.3 is 0 Å². The van der Waals surface area contributed by atoms with Gasteiger partial charge in [-0.1, -0.05) is 5.57 Å². The van der Waals surface area contributed by atoms with Gasteiger partial charge in [0, 0.05) is 19.3 Å². The van der Waals surface area contributed by atoms with Crippen LogP contribution < -0.4 is 0 Å². The van der Waals surface area contributed by atoms with Crippen LogP contribution in [0.3, 0.4) is 0 Å². The Morgan fingerprint density at radius 3 is 1.60 bits per heavy atom. The van der Waals surface area contributed by atoms with Gasteiger partial charge in [-0.15, -0.1) is 0 Å². The van der Waals surface area contributed by atoms with Crippen LogP contribution in [0.1, 0.15) is 54.2 Å². The largest absolute Gasteiger partial charge is 0.378 e. The zero-order valence-electron chi connectivity index (χ0n) is 14.9. The summed E-state index contributed by atoms with van der Waals surface area (Å²) in [5, 5.41) is 0. The van der Waals surface area contributed by atoms with Gasteiger partial charge < -0.3 is 4.90 Å². The monoisotopic (exact) mass is 273 g/mol. The molecule has 0 N–H and O–H groups in total. The van der Waals surface area contributed by atoms with E-state index in [4.69, 9.17) is 0 Å². The quantitative estimate of drug-likeness (QED) is 0.745. The normalized spacial score (nSPS) is 12.4. The molecular weight excluding hydrogens is 242 g/mol. The molecule has 0 unspecified atom stereocenters. The van der Waals surface area contributed by atoms with E-state index in [1.165, 1.54) is 44.7 Å². The van der Waals surface area contributed by atoms with Crippen LogP contribution in [0.5, 0.6) is 0 Å². The molecule has 20 heavy (non-hydrogen) atoms. The second kappa shape index (κ2) is 6.47. The first kappa shape index (κ1) is 16.8. The highest BCUT2D eigenvalue weighted by Crippen LogP contribution is 2.28. The fourth-order valence-electron chi connectivity index (χ4n) is 2.80. The maximum atomic E-state index is 2.33. The molecule has 0 fully saturated rings. The standard InChI is InChI=1S/C19H31N/c1-10-20(9)18(8)12(2)11-19-16(6)14(4)13(3)15(5)17(19)7/h10-11H2,1-9H3. The molecule has 1 aromatic rings. The first-order valence-electron chi connectivity index (χ1n) is 7.65. The van der Waals surface area contributed by atoms with Crippen molar-refractivity contribution >= 4 is 0 Å². The van der Waals surface area contributed by atoms with Crippen molar-refractivity contribution in [1.29, 1.82) is 0 Å². The summed E-state index contributed by atoms with van der Waals surface area (Å²) in [6.07, 6.45) is 1.07. The number of hydrogen-bond acceptors (Lipinski definition) is 1. The van der Waals surface area contributed by atoms with Crippen LogP contribution in [0.25, 0.3) is 0 Å². The van der Waals surface area contributed by atoms with Gasteiger partial charge in [0.25, 0.3) is 0 Å². The maximum absolute atomic E-state index is 2.33. The summed E-state index contributed by atoms with van der Waals surface area (Å²) in [6.45, 7) is 19.1. The minimum Gasteiger partial charge on any atom is -0.378 e. The van der Waals surface area contributed by atoms with E-state index in [0.717, 1.165) is 13.0 Å². The minimum atomic E-state index is 1.06. The Balaban J connectivity index is 3.30. The van der Waals surface area contributed by atoms with E-state index in [0.29, 0.717) is 0 Å². The van der Waals surface area contributed by atoms with Gasteiger partial charge in [0.05, 0.1) is 0 Å². The van der Waals surface area contributed by atoms with E-state index in [9.17, 15) is 0 Å². The molecule has 0 bridgehead atoms. The second-order valence-corrected chi connectivity index (χ2v) is 6.16. The molecule has 0 heterocycles. The third kappa shape index (κ3) is 3.08. The predicted octanol–water partition coefficient (Wildman–Crippen LogP) is 5.02. The molecule has 0 atom stereocenters. The molecule has 0 saturated heterocycles. The van der Waals surface area contributed by atoms with Gasteiger partial charge in [0.1, 0.15) is 0 Å². The summed E-state index contributed by atoms with van der Waals surface area (Å²) >= 11 is 0. The SMILES string of the molecule is CCN(C)C(C)=C(C)Cc1c(C)c(C)c(C)c(C)c1C. The number of benzene rings is 1. The smallest absolute Gasteiger partial charge is 0.0143 e. The van der Waals surface area contributed by atoms with Crippen molar-refractivity contribution in [3.63, 3.8) is 0 Å². The zero-order valence-corrected chi connectivity index (χ0v) is 14.9. The van der Waals surface area contributed by atoms with E-state index in [1.807, 2.05) is 0 Å². The highest BCUT2D eigenvalue weighted by molar-refractivity contribution is 5.50. The van der Waals surface area contributed by atoms with Crippen molar-refractivity contribution in [3.05, 3.63) is 44.7 Å². The third-order valence-electron chi connectivity index (χ3n) is 5.26. The molecule has 1 aromatic carbocycles. The summed E-state index contributed by atoms with van der Waals surface area (Å²) in [7, 11) is 2.17. The summed E-state index contributed by atoms with van der Waals surface area (Å²) in [5.41, 5.74) is 11.7. The lowest BCUT2D eigenvalue weighted by atomic mass is 9.86. The van der Waals surface area contributed by atoms with Crippen molar-refractivity contribution in [3.8, 4) is 0 Å². The molecular formula is C19H31N. The third-order valence-corrected chi connectivity index (χ3v) is 5.26. The molecule has 1 nitrogen and oxygen atoms in total. The van der Waals surface area contributed by atoms with Gasteiger partial charge in [-0.25, -0.2) is 0 Å². The molecule has 1 rings (SSSR count). The molecule has 112 valence electrons. The zero-order chi connectivity index (χ0) is 15.6. The highest BCUT2D eigenvalue weighted by atomic mass is 15.1. The van der Waals surface area contributed by atoms with Gasteiger partial charge in [0.15, 0.2) is 0 Å². The minimum absolute atomic E-state index is 1.06. The van der Waals surface area contributed by atoms with Crippen LogP contribution in [-0.4, -0.2) is 18.5 Å². The Kier molecular flexibility index (Phi) is 5.44. The molecule has 0 aromatic heterocycles. The molecule has 1 heteroatoms. The number of hydrogen-bond donors (Lipinski definition) is 0. The van der Waals surface area contributed by atoms with Crippen molar-refractivity contribution in [2.45, 2.75) is 61.8 Å². The van der Waals surface area contributed by atoms with E-state index >= 15 is 0 Å². The van der Waals surface area contributed by atoms with Gasteiger partial charge in [-0.3, -0.25) is 0 Å². The molecule has 0 radical (unpaired) electrons. The van der Waals surface area contributed by atoms with Crippen molar-refractivity contribution in [2.75, 3.05) is 13.6 Å². The summed E-state index contributed by atoms with van der Waals surface area (Å²) in [6, 6.07) is 0. The predicted molar refractivity (Wildman–Crippen MR) is 90.5 cm³/mol. The Labute approximate surface area is 125 Å². The van der Waals surface area contributed by atoms with E-state index < -0.39 is 0 Å². The molecule has 0 spiro atoms.